The van der Waals surface area contributed by atoms with E-state index in [2.05, 4.69) is 22.5 Å². The first-order valence-corrected chi connectivity index (χ1v) is 6.19. The summed E-state index contributed by atoms with van der Waals surface area (Å²) in [5.41, 5.74) is 1.44. The third-order valence-electron chi connectivity index (χ3n) is 3.09. The van der Waals surface area contributed by atoms with Gasteiger partial charge in [0.2, 0.25) is 0 Å². The summed E-state index contributed by atoms with van der Waals surface area (Å²) in [7, 11) is 0. The van der Waals surface area contributed by atoms with Gasteiger partial charge in [-0.1, -0.05) is 6.92 Å². The van der Waals surface area contributed by atoms with Crippen LogP contribution in [0.1, 0.15) is 37.2 Å². The Balaban J connectivity index is 1.90. The van der Waals surface area contributed by atoms with Crippen molar-refractivity contribution in [2.75, 3.05) is 11.9 Å². The molecule has 0 aliphatic heterocycles. The van der Waals surface area contributed by atoms with Crippen molar-refractivity contribution in [3.8, 4) is 0 Å². The molecular formula is C13H19N3O. The fourth-order valence-electron chi connectivity index (χ4n) is 2.12. The molecule has 2 N–H and O–H groups in total. The average molecular weight is 233 g/mol. The van der Waals surface area contributed by atoms with Gasteiger partial charge in [-0.3, -0.25) is 4.79 Å². The minimum atomic E-state index is -0.0649. The maximum atomic E-state index is 11.8. The number of nitrogens with one attached hydrogen (secondary N) is 2. The number of nitrogens with zero attached hydrogens (tertiary/aromatic N) is 1. The van der Waals surface area contributed by atoms with E-state index in [1.165, 1.54) is 0 Å². The minimum Gasteiger partial charge on any atom is -0.384 e. The highest BCUT2D eigenvalue weighted by Crippen LogP contribution is 2.26. The minimum absolute atomic E-state index is 0.0649. The smallest absolute Gasteiger partial charge is 0.270 e. The van der Waals surface area contributed by atoms with E-state index >= 15 is 0 Å². The molecule has 4 heteroatoms. The number of hydrogen-bond acceptors (Lipinski definition) is 3. The van der Waals surface area contributed by atoms with E-state index in [-0.39, 0.29) is 5.91 Å². The van der Waals surface area contributed by atoms with Crippen LogP contribution >= 0.6 is 0 Å². The lowest BCUT2D eigenvalue weighted by atomic mass is 9.82. The fraction of sp³-hybridized carbons (Fsp3) is 0.538. The molecule has 1 amide bonds. The van der Waals surface area contributed by atoms with Gasteiger partial charge < -0.3 is 10.6 Å². The van der Waals surface area contributed by atoms with Crippen molar-refractivity contribution in [3.63, 3.8) is 0 Å². The van der Waals surface area contributed by atoms with Gasteiger partial charge in [0.1, 0.15) is 5.69 Å². The molecule has 17 heavy (non-hydrogen) atoms. The first-order chi connectivity index (χ1) is 8.19. The van der Waals surface area contributed by atoms with E-state index in [4.69, 9.17) is 0 Å². The Morgan fingerprint density at radius 3 is 2.76 bits per heavy atom. The molecular weight excluding hydrogens is 214 g/mol. The van der Waals surface area contributed by atoms with Crippen LogP contribution in [0.25, 0.3) is 0 Å². The zero-order valence-corrected chi connectivity index (χ0v) is 10.4. The molecule has 0 radical (unpaired) electrons. The summed E-state index contributed by atoms with van der Waals surface area (Å²) < 4.78 is 0. The van der Waals surface area contributed by atoms with E-state index < -0.39 is 0 Å². The van der Waals surface area contributed by atoms with Crippen LogP contribution < -0.4 is 10.6 Å². The van der Waals surface area contributed by atoms with Crippen molar-refractivity contribution < 1.29 is 4.79 Å². The van der Waals surface area contributed by atoms with E-state index in [0.717, 1.165) is 31.0 Å². The van der Waals surface area contributed by atoms with Crippen molar-refractivity contribution in [1.29, 1.82) is 0 Å². The maximum absolute atomic E-state index is 11.8. The Morgan fingerprint density at radius 1 is 1.47 bits per heavy atom. The molecule has 0 saturated heterocycles. The summed E-state index contributed by atoms with van der Waals surface area (Å²) in [4.78, 5) is 16.0. The van der Waals surface area contributed by atoms with Crippen LogP contribution in [0.2, 0.25) is 0 Å². The molecule has 92 valence electrons. The second-order valence-corrected chi connectivity index (χ2v) is 4.71. The molecule has 1 heterocycles. The van der Waals surface area contributed by atoms with Crippen molar-refractivity contribution >= 4 is 11.6 Å². The Bertz CT molecular complexity index is 382. The molecule has 4 nitrogen and oxygen atoms in total. The van der Waals surface area contributed by atoms with Gasteiger partial charge in [0.25, 0.3) is 5.91 Å². The average Bonchev–Trinajstić information content (AvgIpc) is 2.28. The van der Waals surface area contributed by atoms with E-state index in [9.17, 15) is 4.79 Å². The maximum Gasteiger partial charge on any atom is 0.270 e. The Hall–Kier alpha value is -1.58. The standard InChI is InChI=1S/C13H19N3O/c1-3-14-10-4-5-12(15-8-10)13(17)16-11-6-9(2)7-11/h4-5,8-9,11,14H,3,6-7H2,1-2H3,(H,16,17). The number of pyridine rings is 1. The second-order valence-electron chi connectivity index (χ2n) is 4.71. The molecule has 2 rings (SSSR count). The lowest BCUT2D eigenvalue weighted by Crippen LogP contribution is -2.43. The summed E-state index contributed by atoms with van der Waals surface area (Å²) in [6.07, 6.45) is 3.87. The molecule has 0 bridgehead atoms. The SMILES string of the molecule is CCNc1ccc(C(=O)NC2CC(C)C2)nc1. The van der Waals surface area contributed by atoms with Crippen molar-refractivity contribution in [3.05, 3.63) is 24.0 Å². The van der Waals surface area contributed by atoms with Crippen molar-refractivity contribution in [2.24, 2.45) is 5.92 Å². The van der Waals surface area contributed by atoms with Crippen molar-refractivity contribution in [2.45, 2.75) is 32.7 Å². The molecule has 0 aromatic carbocycles. The summed E-state index contributed by atoms with van der Waals surface area (Å²) in [6, 6.07) is 3.98. The van der Waals surface area contributed by atoms with Crippen LogP contribution in [-0.2, 0) is 0 Å². The Kier molecular flexibility index (Phi) is 3.61. The quantitative estimate of drug-likeness (QED) is 0.836. The van der Waals surface area contributed by atoms with Crippen molar-refractivity contribution in [1.82, 2.24) is 10.3 Å². The van der Waals surface area contributed by atoms with Crippen LogP contribution in [0, 0.1) is 5.92 Å². The lowest BCUT2D eigenvalue weighted by Gasteiger charge is -2.33. The van der Waals surface area contributed by atoms with Gasteiger partial charge in [-0.25, -0.2) is 4.98 Å². The molecule has 1 saturated carbocycles. The van der Waals surface area contributed by atoms with Gasteiger partial charge in [0.15, 0.2) is 0 Å². The topological polar surface area (TPSA) is 54.0 Å². The molecule has 1 aromatic heterocycles. The molecule has 1 aliphatic rings. The monoisotopic (exact) mass is 233 g/mol. The third-order valence-corrected chi connectivity index (χ3v) is 3.09. The van der Waals surface area contributed by atoms with Crippen LogP contribution in [0.4, 0.5) is 5.69 Å². The van der Waals surface area contributed by atoms with Gasteiger partial charge in [-0.15, -0.1) is 0 Å². The number of amides is 1. The number of hydrogen-bond donors (Lipinski definition) is 2. The fourth-order valence-corrected chi connectivity index (χ4v) is 2.12. The second kappa shape index (κ2) is 5.17. The number of carbonyl (C=O) groups is 1. The summed E-state index contributed by atoms with van der Waals surface area (Å²) >= 11 is 0. The van der Waals surface area contributed by atoms with E-state index in [0.29, 0.717) is 11.7 Å². The van der Waals surface area contributed by atoms with Crippen LogP contribution in [-0.4, -0.2) is 23.5 Å². The molecule has 1 fully saturated rings. The van der Waals surface area contributed by atoms with Gasteiger partial charge in [-0.05, 0) is 37.8 Å². The summed E-state index contributed by atoms with van der Waals surface area (Å²) in [5.74, 6) is 0.675. The van der Waals surface area contributed by atoms with Crippen LogP contribution in [0.5, 0.6) is 0 Å². The number of aromatic nitrogens is 1. The van der Waals surface area contributed by atoms with Gasteiger partial charge in [0.05, 0.1) is 11.9 Å². The highest BCUT2D eigenvalue weighted by atomic mass is 16.1. The predicted molar refractivity (Wildman–Crippen MR) is 68.1 cm³/mol. The van der Waals surface area contributed by atoms with Crippen LogP contribution in [0.3, 0.4) is 0 Å². The Morgan fingerprint density at radius 2 is 2.24 bits per heavy atom. The lowest BCUT2D eigenvalue weighted by molar-refractivity contribution is 0.0891. The molecule has 0 spiro atoms. The highest BCUT2D eigenvalue weighted by molar-refractivity contribution is 5.92. The molecule has 1 aromatic rings. The van der Waals surface area contributed by atoms with Gasteiger partial charge in [0, 0.05) is 12.6 Å². The number of anilines is 1. The van der Waals surface area contributed by atoms with Crippen LogP contribution in [0.15, 0.2) is 18.3 Å². The van der Waals surface area contributed by atoms with Gasteiger partial charge in [-0.2, -0.15) is 0 Å². The van der Waals surface area contributed by atoms with E-state index in [1.807, 2.05) is 13.0 Å². The third kappa shape index (κ3) is 2.96. The zero-order valence-electron chi connectivity index (χ0n) is 10.4. The largest absolute Gasteiger partial charge is 0.384 e. The molecule has 0 atom stereocenters. The van der Waals surface area contributed by atoms with Gasteiger partial charge >= 0.3 is 0 Å². The number of carbonyl (C=O) groups excluding carboxylic acids is 1. The van der Waals surface area contributed by atoms with E-state index in [1.54, 1.807) is 12.3 Å². The first-order valence-electron chi connectivity index (χ1n) is 6.19. The summed E-state index contributed by atoms with van der Waals surface area (Å²) in [5, 5.41) is 6.14. The predicted octanol–water partition coefficient (Wildman–Crippen LogP) is 2.04. The molecule has 0 unspecified atom stereocenters. The number of rotatable bonds is 4. The molecule has 1 aliphatic carbocycles. The first kappa shape index (κ1) is 11.9. The highest BCUT2D eigenvalue weighted by Gasteiger charge is 2.27. The summed E-state index contributed by atoms with van der Waals surface area (Å²) in [6.45, 7) is 5.08. The Labute approximate surface area is 102 Å². The zero-order chi connectivity index (χ0) is 12.3. The normalized spacial score (nSPS) is 22.7.